The number of nitrogens with one attached hydrogen (secondary N) is 2. The van der Waals surface area contributed by atoms with Crippen molar-refractivity contribution in [3.05, 3.63) is 35.2 Å². The molecule has 1 aromatic carbocycles. The second kappa shape index (κ2) is 5.63. The van der Waals surface area contributed by atoms with E-state index in [1.165, 1.54) is 11.3 Å². The fraction of sp³-hybridized carbons (Fsp3) is 0.333. The van der Waals surface area contributed by atoms with Gasteiger partial charge in [0.15, 0.2) is 0 Å². The lowest BCUT2D eigenvalue weighted by atomic mass is 10.1. The van der Waals surface area contributed by atoms with E-state index in [0.717, 1.165) is 10.1 Å². The van der Waals surface area contributed by atoms with Crippen LogP contribution in [0, 0.1) is 0 Å². The van der Waals surface area contributed by atoms with Crippen molar-refractivity contribution in [1.82, 2.24) is 10.6 Å². The minimum atomic E-state index is -0.292. The van der Waals surface area contributed by atoms with Crippen LogP contribution >= 0.6 is 11.3 Å². The number of carbonyl (C=O) groups excluding carboxylic acids is 2. The van der Waals surface area contributed by atoms with Crippen molar-refractivity contribution in [3.8, 4) is 0 Å². The van der Waals surface area contributed by atoms with Crippen LogP contribution in [0.3, 0.4) is 0 Å². The number of benzene rings is 1. The maximum Gasteiger partial charge on any atom is 0.261 e. The van der Waals surface area contributed by atoms with Crippen molar-refractivity contribution in [2.24, 2.45) is 0 Å². The highest BCUT2D eigenvalue weighted by Crippen LogP contribution is 2.24. The molecular weight excluding hydrogens is 272 g/mol. The number of hydrogen-bond acceptors (Lipinski definition) is 3. The molecule has 0 aliphatic carbocycles. The average molecular weight is 290 g/mol. The molecular formula is C15H18N2O2S. The van der Waals surface area contributed by atoms with Gasteiger partial charge in [-0.2, -0.15) is 0 Å². The van der Waals surface area contributed by atoms with Gasteiger partial charge < -0.3 is 10.6 Å². The smallest absolute Gasteiger partial charge is 0.261 e. The first kappa shape index (κ1) is 14.5. The summed E-state index contributed by atoms with van der Waals surface area (Å²) >= 11 is 1.43. The van der Waals surface area contributed by atoms with Crippen LogP contribution in [0.5, 0.6) is 0 Å². The Bertz CT molecular complexity index is 608. The molecule has 0 spiro atoms. The maximum atomic E-state index is 12.0. The van der Waals surface area contributed by atoms with Crippen molar-refractivity contribution < 1.29 is 9.59 Å². The van der Waals surface area contributed by atoms with Crippen molar-refractivity contribution in [1.29, 1.82) is 0 Å². The minimum absolute atomic E-state index is 0.00957. The first-order chi connectivity index (χ1) is 9.35. The first-order valence-corrected chi connectivity index (χ1v) is 7.24. The third-order valence-electron chi connectivity index (χ3n) is 2.57. The normalized spacial score (nSPS) is 11.3. The van der Waals surface area contributed by atoms with E-state index < -0.39 is 0 Å². The zero-order chi connectivity index (χ0) is 14.8. The van der Waals surface area contributed by atoms with E-state index in [1.807, 2.05) is 51.1 Å². The summed E-state index contributed by atoms with van der Waals surface area (Å²) in [5.74, 6) is -0.401. The Hall–Kier alpha value is -1.88. The molecule has 0 aliphatic heterocycles. The summed E-state index contributed by atoms with van der Waals surface area (Å²) in [5.41, 5.74) is -0.292. The fourth-order valence-corrected chi connectivity index (χ4v) is 2.78. The molecule has 0 bridgehead atoms. The predicted molar refractivity (Wildman–Crippen MR) is 82.1 cm³/mol. The summed E-state index contributed by atoms with van der Waals surface area (Å²) in [6.45, 7) is 5.69. The summed E-state index contributed by atoms with van der Waals surface area (Å²) in [6.07, 6.45) is 0. The molecule has 2 amide bonds. The molecule has 2 rings (SSSR count). The lowest BCUT2D eigenvalue weighted by Gasteiger charge is -2.20. The van der Waals surface area contributed by atoms with Gasteiger partial charge in [-0.1, -0.05) is 18.2 Å². The number of thiophene rings is 1. The lowest BCUT2D eigenvalue weighted by molar-refractivity contribution is -0.121. The zero-order valence-corrected chi connectivity index (χ0v) is 12.6. The van der Waals surface area contributed by atoms with E-state index in [1.54, 1.807) is 0 Å². The van der Waals surface area contributed by atoms with Gasteiger partial charge in [0.05, 0.1) is 11.4 Å². The predicted octanol–water partition coefficient (Wildman–Crippen LogP) is 2.55. The van der Waals surface area contributed by atoms with Crippen LogP contribution in [-0.4, -0.2) is 23.9 Å². The van der Waals surface area contributed by atoms with Gasteiger partial charge in [-0.3, -0.25) is 9.59 Å². The van der Waals surface area contributed by atoms with Gasteiger partial charge in [0.2, 0.25) is 5.91 Å². The molecule has 0 saturated heterocycles. The Labute approximate surface area is 122 Å². The Kier molecular flexibility index (Phi) is 4.09. The quantitative estimate of drug-likeness (QED) is 0.912. The Morgan fingerprint density at radius 2 is 1.90 bits per heavy atom. The van der Waals surface area contributed by atoms with Crippen molar-refractivity contribution in [3.63, 3.8) is 0 Å². The van der Waals surface area contributed by atoms with Gasteiger partial charge in [0, 0.05) is 10.2 Å². The van der Waals surface area contributed by atoms with Crippen LogP contribution in [0.2, 0.25) is 0 Å². The monoisotopic (exact) mass is 290 g/mol. The van der Waals surface area contributed by atoms with Crippen molar-refractivity contribution in [2.75, 3.05) is 6.54 Å². The van der Waals surface area contributed by atoms with Crippen LogP contribution in [0.1, 0.15) is 30.4 Å². The number of carbonyl (C=O) groups is 2. The Morgan fingerprint density at radius 3 is 2.55 bits per heavy atom. The van der Waals surface area contributed by atoms with E-state index in [0.29, 0.717) is 4.88 Å². The van der Waals surface area contributed by atoms with Gasteiger partial charge in [-0.05, 0) is 38.3 Å². The SMILES string of the molecule is CC(C)(C)NC(=O)CNC(=O)c1cc2ccccc2s1. The number of amides is 2. The topological polar surface area (TPSA) is 58.2 Å². The van der Waals surface area contributed by atoms with Gasteiger partial charge in [-0.25, -0.2) is 0 Å². The molecule has 106 valence electrons. The van der Waals surface area contributed by atoms with E-state index in [2.05, 4.69) is 10.6 Å². The van der Waals surface area contributed by atoms with Crippen LogP contribution in [-0.2, 0) is 4.79 Å². The molecule has 2 aromatic rings. The number of hydrogen-bond donors (Lipinski definition) is 2. The molecule has 1 heterocycles. The first-order valence-electron chi connectivity index (χ1n) is 6.43. The van der Waals surface area contributed by atoms with E-state index in [4.69, 9.17) is 0 Å². The van der Waals surface area contributed by atoms with Crippen LogP contribution in [0.25, 0.3) is 10.1 Å². The maximum absolute atomic E-state index is 12.0. The molecule has 2 N–H and O–H groups in total. The number of fused-ring (bicyclic) bond motifs is 1. The minimum Gasteiger partial charge on any atom is -0.350 e. The molecule has 0 aliphatic rings. The summed E-state index contributed by atoms with van der Waals surface area (Å²) in [7, 11) is 0. The molecule has 4 nitrogen and oxygen atoms in total. The van der Waals surface area contributed by atoms with Crippen LogP contribution in [0.15, 0.2) is 30.3 Å². The van der Waals surface area contributed by atoms with E-state index in [-0.39, 0.29) is 23.9 Å². The van der Waals surface area contributed by atoms with E-state index in [9.17, 15) is 9.59 Å². The molecule has 0 saturated carbocycles. The molecule has 5 heteroatoms. The third-order valence-corrected chi connectivity index (χ3v) is 3.69. The highest BCUT2D eigenvalue weighted by molar-refractivity contribution is 7.20. The zero-order valence-electron chi connectivity index (χ0n) is 11.8. The van der Waals surface area contributed by atoms with Gasteiger partial charge in [0.1, 0.15) is 0 Å². The van der Waals surface area contributed by atoms with Crippen molar-refractivity contribution in [2.45, 2.75) is 26.3 Å². The highest BCUT2D eigenvalue weighted by Gasteiger charge is 2.15. The largest absolute Gasteiger partial charge is 0.350 e. The number of rotatable bonds is 3. The third kappa shape index (κ3) is 3.81. The molecule has 0 atom stereocenters. The Morgan fingerprint density at radius 1 is 1.20 bits per heavy atom. The van der Waals surface area contributed by atoms with Gasteiger partial charge in [-0.15, -0.1) is 11.3 Å². The fourth-order valence-electron chi connectivity index (χ4n) is 1.80. The molecule has 1 aromatic heterocycles. The molecule has 0 fully saturated rings. The highest BCUT2D eigenvalue weighted by atomic mass is 32.1. The van der Waals surface area contributed by atoms with E-state index >= 15 is 0 Å². The van der Waals surface area contributed by atoms with Gasteiger partial charge >= 0.3 is 0 Å². The summed E-state index contributed by atoms with van der Waals surface area (Å²) in [6, 6.07) is 9.67. The second-order valence-corrected chi connectivity index (χ2v) is 6.71. The average Bonchev–Trinajstić information content (AvgIpc) is 2.77. The van der Waals surface area contributed by atoms with Gasteiger partial charge in [0.25, 0.3) is 5.91 Å². The van der Waals surface area contributed by atoms with Crippen molar-refractivity contribution >= 4 is 33.2 Å². The molecule has 0 unspecified atom stereocenters. The summed E-state index contributed by atoms with van der Waals surface area (Å²) in [5, 5.41) is 6.49. The lowest BCUT2D eigenvalue weighted by Crippen LogP contribution is -2.45. The Balaban J connectivity index is 1.97. The second-order valence-electron chi connectivity index (χ2n) is 5.63. The summed E-state index contributed by atoms with van der Waals surface area (Å²) < 4.78 is 1.07. The molecule has 0 radical (unpaired) electrons. The van der Waals surface area contributed by atoms with Crippen LogP contribution in [0.4, 0.5) is 0 Å². The summed E-state index contributed by atoms with van der Waals surface area (Å²) in [4.78, 5) is 24.3. The molecule has 20 heavy (non-hydrogen) atoms. The van der Waals surface area contributed by atoms with Crippen LogP contribution < -0.4 is 10.6 Å². The standard InChI is InChI=1S/C15H18N2O2S/c1-15(2,3)17-13(18)9-16-14(19)12-8-10-6-4-5-7-11(10)20-12/h4-8H,9H2,1-3H3,(H,16,19)(H,17,18).